The van der Waals surface area contributed by atoms with Crippen LogP contribution in [0.2, 0.25) is 0 Å². The van der Waals surface area contributed by atoms with E-state index in [-0.39, 0.29) is 0 Å². The third kappa shape index (κ3) is 10.2. The fourth-order valence-electron chi connectivity index (χ4n) is 5.89. The van der Waals surface area contributed by atoms with E-state index in [2.05, 4.69) is 45.1 Å². The van der Waals surface area contributed by atoms with Crippen molar-refractivity contribution >= 4 is 0 Å². The van der Waals surface area contributed by atoms with E-state index in [4.69, 9.17) is 11.5 Å². The number of hydrogen-bond acceptors (Lipinski definition) is 9. The van der Waals surface area contributed by atoms with E-state index < -0.39 is 0 Å². The lowest BCUT2D eigenvalue weighted by Gasteiger charge is -2.26. The molecule has 0 spiro atoms. The number of nitrogens with two attached hydrogens (primary N) is 2. The van der Waals surface area contributed by atoms with Crippen molar-refractivity contribution < 1.29 is 15.3 Å². The van der Waals surface area contributed by atoms with Crippen LogP contribution in [0.3, 0.4) is 0 Å². The summed E-state index contributed by atoms with van der Waals surface area (Å²) < 4.78 is 0. The summed E-state index contributed by atoms with van der Waals surface area (Å²) in [5.41, 5.74) is 17.8. The van der Waals surface area contributed by atoms with Crippen LogP contribution in [-0.4, -0.2) is 95.5 Å². The second-order valence-corrected chi connectivity index (χ2v) is 11.9. The maximum atomic E-state index is 10.8. The van der Waals surface area contributed by atoms with E-state index in [1.807, 2.05) is 24.3 Å². The first kappa shape index (κ1) is 33.7. The van der Waals surface area contributed by atoms with Gasteiger partial charge < -0.3 is 32.1 Å². The second-order valence-electron chi connectivity index (χ2n) is 11.9. The maximum absolute atomic E-state index is 10.8. The molecule has 1 saturated heterocycles. The number of benzene rings is 3. The summed E-state index contributed by atoms with van der Waals surface area (Å²) in [5, 5.41) is 35.5. The minimum atomic E-state index is 0.306. The summed E-state index contributed by atoms with van der Waals surface area (Å²) in [5.74, 6) is 0.940. The van der Waals surface area contributed by atoms with Crippen LogP contribution in [0.5, 0.6) is 17.2 Å². The lowest BCUT2D eigenvalue weighted by molar-refractivity contribution is 0.207. The molecule has 240 valence electrons. The number of phenols is 3. The first-order chi connectivity index (χ1) is 21.4. The van der Waals surface area contributed by atoms with Gasteiger partial charge in [0.2, 0.25) is 0 Å². The molecule has 0 bridgehead atoms. The Hall–Kier alpha value is -3.18. The number of hydrogen-bond donors (Lipinski definition) is 6. The third-order valence-electron chi connectivity index (χ3n) is 8.52. The van der Waals surface area contributed by atoms with Crippen LogP contribution < -0.4 is 16.8 Å². The zero-order valence-electron chi connectivity index (χ0n) is 26.3. The molecule has 4 rings (SSSR count). The van der Waals surface area contributed by atoms with Crippen LogP contribution in [0.25, 0.3) is 0 Å². The van der Waals surface area contributed by atoms with Gasteiger partial charge in [-0.15, -0.1) is 0 Å². The van der Waals surface area contributed by atoms with Crippen LogP contribution in [0.15, 0.2) is 54.6 Å². The molecule has 0 unspecified atom stereocenters. The van der Waals surface area contributed by atoms with Gasteiger partial charge in [0, 0.05) is 75.6 Å². The average Bonchev–Trinajstić information content (AvgIpc) is 3.10. The fraction of sp³-hybridized carbons (Fsp3) is 0.486. The minimum Gasteiger partial charge on any atom is -0.508 e. The number of rotatable bonds is 14. The number of nitrogens with zero attached hydrogens (tertiary/aromatic N) is 3. The molecule has 9 nitrogen and oxygen atoms in total. The summed E-state index contributed by atoms with van der Waals surface area (Å²) in [6, 6.07) is 17.5. The molecule has 3 aromatic rings. The first-order valence-electron chi connectivity index (χ1n) is 16.1. The van der Waals surface area contributed by atoms with Gasteiger partial charge in [-0.05, 0) is 80.3 Å². The standard InChI is InChI=1S/C35H52N6O3/c1-2-38-14-11-29-5-8-35(44)32(23-29)26-41-19-17-39(24-30-21-27(9-12-36)3-6-33(30)42)15-16-40(18-20-41)25-31-22-28(10-13-37)4-7-34(31)43/h3-8,21-23,38,42-44H,2,9-20,24-26,36-37H2,1H3. The van der Waals surface area contributed by atoms with Crippen LogP contribution in [-0.2, 0) is 38.9 Å². The highest BCUT2D eigenvalue weighted by Crippen LogP contribution is 2.25. The summed E-state index contributed by atoms with van der Waals surface area (Å²) in [6.07, 6.45) is 2.47. The molecule has 8 N–H and O–H groups in total. The number of aromatic hydroxyl groups is 3. The zero-order valence-corrected chi connectivity index (χ0v) is 26.3. The van der Waals surface area contributed by atoms with Crippen molar-refractivity contribution in [2.75, 3.05) is 65.4 Å². The molecule has 1 fully saturated rings. The van der Waals surface area contributed by atoms with Crippen molar-refractivity contribution in [3.05, 3.63) is 88.0 Å². The molecule has 0 aromatic heterocycles. The largest absolute Gasteiger partial charge is 0.508 e. The highest BCUT2D eigenvalue weighted by atomic mass is 16.3. The molecule has 0 atom stereocenters. The topological polar surface area (TPSA) is 134 Å². The molecular weight excluding hydrogens is 552 g/mol. The Balaban J connectivity index is 1.54. The molecule has 1 aliphatic rings. The average molecular weight is 605 g/mol. The second kappa shape index (κ2) is 17.3. The van der Waals surface area contributed by atoms with Crippen molar-refractivity contribution in [3.63, 3.8) is 0 Å². The van der Waals surface area contributed by atoms with E-state index >= 15 is 0 Å². The Kier molecular flexibility index (Phi) is 13.3. The summed E-state index contributed by atoms with van der Waals surface area (Å²) >= 11 is 0. The van der Waals surface area contributed by atoms with Gasteiger partial charge in [0.25, 0.3) is 0 Å². The Bertz CT molecular complexity index is 1250. The van der Waals surface area contributed by atoms with Gasteiger partial charge >= 0.3 is 0 Å². The number of phenolic OH excluding ortho intramolecular Hbond substituents is 3. The van der Waals surface area contributed by atoms with Crippen LogP contribution in [0, 0.1) is 0 Å². The smallest absolute Gasteiger partial charge is 0.120 e. The van der Waals surface area contributed by atoms with E-state index in [9.17, 15) is 15.3 Å². The number of likely N-dealkylation sites (N-methyl/N-ethyl adjacent to an activating group) is 1. The SMILES string of the molecule is CCNCCc1ccc(O)c(CN2CCN(Cc3cc(CCN)ccc3O)CCN(Cc3cc(CCN)ccc3O)CC2)c1. The van der Waals surface area contributed by atoms with Gasteiger partial charge in [0.05, 0.1) is 0 Å². The summed E-state index contributed by atoms with van der Waals surface area (Å²) in [6.45, 7) is 12.0. The van der Waals surface area contributed by atoms with Crippen molar-refractivity contribution in [1.82, 2.24) is 20.0 Å². The van der Waals surface area contributed by atoms with Gasteiger partial charge in [-0.3, -0.25) is 14.7 Å². The van der Waals surface area contributed by atoms with Gasteiger partial charge in [-0.2, -0.15) is 0 Å². The van der Waals surface area contributed by atoms with Crippen molar-refractivity contribution in [1.29, 1.82) is 0 Å². The lowest BCUT2D eigenvalue weighted by atomic mass is 10.1. The predicted octanol–water partition coefficient (Wildman–Crippen LogP) is 2.78. The Morgan fingerprint density at radius 3 is 1.23 bits per heavy atom. The summed E-state index contributed by atoms with van der Waals surface area (Å²) in [7, 11) is 0. The Morgan fingerprint density at radius 2 is 0.909 bits per heavy atom. The minimum absolute atomic E-state index is 0.306. The van der Waals surface area contributed by atoms with Crippen LogP contribution >= 0.6 is 0 Å². The molecule has 0 aliphatic carbocycles. The maximum Gasteiger partial charge on any atom is 0.120 e. The molecule has 1 aliphatic heterocycles. The van der Waals surface area contributed by atoms with Crippen molar-refractivity contribution in [3.8, 4) is 17.2 Å². The Labute approximate surface area is 263 Å². The molecule has 44 heavy (non-hydrogen) atoms. The predicted molar refractivity (Wildman–Crippen MR) is 178 cm³/mol. The molecule has 1 heterocycles. The highest BCUT2D eigenvalue weighted by molar-refractivity contribution is 5.38. The van der Waals surface area contributed by atoms with Gasteiger partial charge in [0.15, 0.2) is 0 Å². The van der Waals surface area contributed by atoms with E-state index in [0.29, 0.717) is 50.0 Å². The fourth-order valence-corrected chi connectivity index (χ4v) is 5.89. The number of nitrogens with one attached hydrogen (secondary N) is 1. The molecule has 0 amide bonds. The van der Waals surface area contributed by atoms with Crippen LogP contribution in [0.4, 0.5) is 0 Å². The summed E-state index contributed by atoms with van der Waals surface area (Å²) in [4.78, 5) is 7.19. The van der Waals surface area contributed by atoms with Crippen molar-refractivity contribution in [2.24, 2.45) is 11.5 Å². The van der Waals surface area contributed by atoms with E-state index in [1.54, 1.807) is 12.1 Å². The van der Waals surface area contributed by atoms with E-state index in [0.717, 1.165) is 99.4 Å². The molecule has 0 radical (unpaired) electrons. The van der Waals surface area contributed by atoms with E-state index in [1.165, 1.54) is 5.56 Å². The van der Waals surface area contributed by atoms with Crippen LogP contribution in [0.1, 0.15) is 40.3 Å². The van der Waals surface area contributed by atoms with Gasteiger partial charge in [-0.25, -0.2) is 0 Å². The molecule has 3 aromatic carbocycles. The molecule has 0 saturated carbocycles. The zero-order chi connectivity index (χ0) is 31.3. The normalized spacial score (nSPS) is 15.6. The van der Waals surface area contributed by atoms with Gasteiger partial charge in [0.1, 0.15) is 17.2 Å². The molecule has 9 heteroatoms. The first-order valence-corrected chi connectivity index (χ1v) is 16.1. The van der Waals surface area contributed by atoms with Crippen molar-refractivity contribution in [2.45, 2.75) is 45.8 Å². The quantitative estimate of drug-likeness (QED) is 0.154. The third-order valence-corrected chi connectivity index (χ3v) is 8.52. The van der Waals surface area contributed by atoms with Gasteiger partial charge in [-0.1, -0.05) is 43.3 Å². The monoisotopic (exact) mass is 604 g/mol. The highest BCUT2D eigenvalue weighted by Gasteiger charge is 2.20. The molecular formula is C35H52N6O3. The Morgan fingerprint density at radius 1 is 0.568 bits per heavy atom. The lowest BCUT2D eigenvalue weighted by Crippen LogP contribution is -2.35.